The summed E-state index contributed by atoms with van der Waals surface area (Å²) >= 11 is 0. The number of aryl methyl sites for hydroxylation is 1. The van der Waals surface area contributed by atoms with E-state index in [1.54, 1.807) is 7.05 Å². The van der Waals surface area contributed by atoms with Crippen molar-refractivity contribution in [3.05, 3.63) is 27.2 Å². The van der Waals surface area contributed by atoms with Gasteiger partial charge in [0.2, 0.25) is 5.91 Å². The molecule has 1 amide bonds. The fourth-order valence-corrected chi connectivity index (χ4v) is 3.11. The Morgan fingerprint density at radius 2 is 2.12 bits per heavy atom. The number of aromatic nitrogens is 4. The van der Waals surface area contributed by atoms with E-state index >= 15 is 0 Å². The van der Waals surface area contributed by atoms with Gasteiger partial charge in [0.1, 0.15) is 6.54 Å². The Hall–Kier alpha value is -2.42. The number of nitrogens with zero attached hydrogens (tertiary/aromatic N) is 4. The number of fused-ring (bicyclic) bond motifs is 1. The molecule has 0 aliphatic carbocycles. The maximum atomic E-state index is 12.4. The number of rotatable bonds is 3. The lowest BCUT2D eigenvalue weighted by molar-refractivity contribution is -0.122. The zero-order valence-electron chi connectivity index (χ0n) is 14.1. The molecule has 3 heterocycles. The molecule has 2 aromatic rings. The largest absolute Gasteiger partial charge is 0.350 e. The van der Waals surface area contributed by atoms with E-state index in [1.165, 1.54) is 22.5 Å². The molecular weight excluding hydrogens is 312 g/mol. The molecule has 9 nitrogen and oxygen atoms in total. The number of amides is 1. The van der Waals surface area contributed by atoms with Gasteiger partial charge in [-0.15, -0.1) is 0 Å². The van der Waals surface area contributed by atoms with E-state index in [-0.39, 0.29) is 29.7 Å². The third-order valence-corrected chi connectivity index (χ3v) is 4.71. The quantitative estimate of drug-likeness (QED) is 0.715. The molecule has 1 fully saturated rings. The predicted octanol–water partition coefficient (Wildman–Crippen LogP) is -1.45. The van der Waals surface area contributed by atoms with E-state index < -0.39 is 11.2 Å². The van der Waals surface area contributed by atoms with Crippen LogP contribution in [0, 0.1) is 5.92 Å². The van der Waals surface area contributed by atoms with Crippen molar-refractivity contribution < 1.29 is 4.79 Å². The second-order valence-electron chi connectivity index (χ2n) is 6.39. The number of hydrogen-bond acceptors (Lipinski definition) is 5. The average molecular weight is 334 g/mol. The minimum atomic E-state index is -0.453. The summed E-state index contributed by atoms with van der Waals surface area (Å²) in [4.78, 5) is 40.7. The second-order valence-corrected chi connectivity index (χ2v) is 6.39. The molecule has 2 atom stereocenters. The van der Waals surface area contributed by atoms with Crippen molar-refractivity contribution >= 4 is 17.1 Å². The Labute approximate surface area is 138 Å². The van der Waals surface area contributed by atoms with Crippen LogP contribution in [-0.4, -0.2) is 43.7 Å². The molecule has 2 N–H and O–H groups in total. The Balaban J connectivity index is 1.87. The van der Waals surface area contributed by atoms with Gasteiger partial charge in [-0.3, -0.25) is 18.7 Å². The van der Waals surface area contributed by atoms with E-state index in [1.807, 2.05) is 0 Å². The van der Waals surface area contributed by atoms with Gasteiger partial charge in [-0.25, -0.2) is 9.78 Å². The monoisotopic (exact) mass is 334 g/mol. The van der Waals surface area contributed by atoms with Crippen LogP contribution in [-0.2, 0) is 25.4 Å². The number of hydrogen-bond donors (Lipinski definition) is 2. The van der Waals surface area contributed by atoms with Crippen LogP contribution in [0.1, 0.15) is 13.3 Å². The van der Waals surface area contributed by atoms with Gasteiger partial charge in [-0.1, -0.05) is 6.92 Å². The summed E-state index contributed by atoms with van der Waals surface area (Å²) in [7, 11) is 2.97. The van der Waals surface area contributed by atoms with Crippen molar-refractivity contribution in [3.63, 3.8) is 0 Å². The first kappa shape index (κ1) is 16.4. The lowest BCUT2D eigenvalue weighted by atomic mass is 9.95. The second kappa shape index (κ2) is 6.23. The van der Waals surface area contributed by atoms with Gasteiger partial charge in [0, 0.05) is 26.7 Å². The normalized spacial score (nSPS) is 21.1. The van der Waals surface area contributed by atoms with Crippen LogP contribution in [0.5, 0.6) is 0 Å². The summed E-state index contributed by atoms with van der Waals surface area (Å²) in [5.41, 5.74) is -0.358. The molecule has 0 saturated carbocycles. The highest BCUT2D eigenvalue weighted by atomic mass is 16.2. The van der Waals surface area contributed by atoms with Crippen molar-refractivity contribution in [2.45, 2.75) is 25.9 Å². The van der Waals surface area contributed by atoms with Gasteiger partial charge in [-0.2, -0.15) is 0 Å². The van der Waals surface area contributed by atoms with Crippen molar-refractivity contribution in [2.24, 2.45) is 20.0 Å². The first-order valence-electron chi connectivity index (χ1n) is 8.01. The van der Waals surface area contributed by atoms with Gasteiger partial charge in [0.25, 0.3) is 5.56 Å². The van der Waals surface area contributed by atoms with E-state index in [9.17, 15) is 14.4 Å². The van der Waals surface area contributed by atoms with Crippen molar-refractivity contribution in [1.29, 1.82) is 0 Å². The van der Waals surface area contributed by atoms with E-state index in [4.69, 9.17) is 0 Å². The molecule has 1 saturated heterocycles. The average Bonchev–Trinajstić information content (AvgIpc) is 2.96. The van der Waals surface area contributed by atoms with Gasteiger partial charge >= 0.3 is 5.69 Å². The van der Waals surface area contributed by atoms with E-state index in [2.05, 4.69) is 22.5 Å². The maximum Gasteiger partial charge on any atom is 0.332 e. The zero-order chi connectivity index (χ0) is 17.4. The molecular formula is C15H22N6O3. The van der Waals surface area contributed by atoms with Crippen LogP contribution >= 0.6 is 0 Å². The predicted molar refractivity (Wildman–Crippen MR) is 88.8 cm³/mol. The standard InChI is InChI=1S/C15H22N6O3/c1-9-4-5-16-6-10(9)18-11(22)7-21-8-17-13-12(21)14(23)20(3)15(24)19(13)2/h8-10,16H,4-7H2,1-3H3,(H,18,22). The Morgan fingerprint density at radius 3 is 2.83 bits per heavy atom. The summed E-state index contributed by atoms with van der Waals surface area (Å²) in [5.74, 6) is 0.231. The van der Waals surface area contributed by atoms with Crippen LogP contribution < -0.4 is 21.9 Å². The van der Waals surface area contributed by atoms with Crippen molar-refractivity contribution in [3.8, 4) is 0 Å². The van der Waals surface area contributed by atoms with E-state index in [0.29, 0.717) is 5.92 Å². The van der Waals surface area contributed by atoms with Crippen LogP contribution in [0.4, 0.5) is 0 Å². The van der Waals surface area contributed by atoms with E-state index in [0.717, 1.165) is 24.1 Å². The third-order valence-electron chi connectivity index (χ3n) is 4.71. The van der Waals surface area contributed by atoms with Crippen LogP contribution in [0.25, 0.3) is 11.2 Å². The van der Waals surface area contributed by atoms with Crippen molar-refractivity contribution in [1.82, 2.24) is 29.3 Å². The summed E-state index contributed by atoms with van der Waals surface area (Å²) in [5, 5.41) is 6.27. The summed E-state index contributed by atoms with van der Waals surface area (Å²) < 4.78 is 3.82. The molecule has 2 aromatic heterocycles. The molecule has 24 heavy (non-hydrogen) atoms. The topological polar surface area (TPSA) is 103 Å². The molecule has 9 heteroatoms. The summed E-state index contributed by atoms with van der Waals surface area (Å²) in [6.45, 7) is 3.81. The number of carbonyl (C=O) groups is 1. The number of piperidine rings is 1. The Morgan fingerprint density at radius 1 is 1.38 bits per heavy atom. The molecule has 3 rings (SSSR count). The lowest BCUT2D eigenvalue weighted by Crippen LogP contribution is -2.50. The fraction of sp³-hybridized carbons (Fsp3) is 0.600. The molecule has 2 unspecified atom stereocenters. The first-order valence-corrected chi connectivity index (χ1v) is 8.01. The molecule has 1 aliphatic heterocycles. The zero-order valence-corrected chi connectivity index (χ0v) is 14.1. The summed E-state index contributed by atoms with van der Waals surface area (Å²) in [6, 6.07) is 0.0771. The number of carbonyl (C=O) groups excluding carboxylic acids is 1. The van der Waals surface area contributed by atoms with Gasteiger partial charge in [0.05, 0.1) is 6.33 Å². The highest BCUT2D eigenvalue weighted by Crippen LogP contribution is 2.11. The highest BCUT2D eigenvalue weighted by molar-refractivity contribution is 5.79. The Bertz CT molecular complexity index is 893. The molecule has 1 aliphatic rings. The van der Waals surface area contributed by atoms with Gasteiger partial charge in [-0.05, 0) is 18.9 Å². The van der Waals surface area contributed by atoms with Crippen LogP contribution in [0.2, 0.25) is 0 Å². The van der Waals surface area contributed by atoms with Gasteiger partial charge in [0.15, 0.2) is 11.2 Å². The third kappa shape index (κ3) is 2.75. The number of imidazole rings is 1. The number of nitrogens with one attached hydrogen (secondary N) is 2. The minimum absolute atomic E-state index is 0.00678. The van der Waals surface area contributed by atoms with Crippen LogP contribution in [0.15, 0.2) is 15.9 Å². The molecule has 0 spiro atoms. The Kier molecular flexibility index (Phi) is 4.27. The minimum Gasteiger partial charge on any atom is -0.350 e. The molecule has 0 radical (unpaired) electrons. The highest BCUT2D eigenvalue weighted by Gasteiger charge is 2.23. The molecule has 0 aromatic carbocycles. The smallest absolute Gasteiger partial charge is 0.332 e. The van der Waals surface area contributed by atoms with Crippen molar-refractivity contribution in [2.75, 3.05) is 13.1 Å². The SMILES string of the molecule is CC1CCNCC1NC(=O)Cn1cnc2c1c(=O)n(C)c(=O)n2C. The lowest BCUT2D eigenvalue weighted by Gasteiger charge is -2.30. The molecule has 0 bridgehead atoms. The fourth-order valence-electron chi connectivity index (χ4n) is 3.11. The van der Waals surface area contributed by atoms with Gasteiger partial charge < -0.3 is 15.2 Å². The maximum absolute atomic E-state index is 12.4. The summed E-state index contributed by atoms with van der Waals surface area (Å²) in [6.07, 6.45) is 2.44. The first-order chi connectivity index (χ1) is 11.4. The van der Waals surface area contributed by atoms with Crippen LogP contribution in [0.3, 0.4) is 0 Å². The molecule has 130 valence electrons.